The minimum absolute atomic E-state index is 0.252. The van der Waals surface area contributed by atoms with Crippen LogP contribution in [0.5, 0.6) is 5.75 Å². The first-order chi connectivity index (χ1) is 15.1. The molecule has 0 unspecified atom stereocenters. The molecule has 156 valence electrons. The molecule has 0 saturated heterocycles. The van der Waals surface area contributed by atoms with Gasteiger partial charge < -0.3 is 10.1 Å². The maximum Gasteiger partial charge on any atom is 0.257 e. The highest BCUT2D eigenvalue weighted by atomic mass is 16.5. The second kappa shape index (κ2) is 7.79. The zero-order valence-corrected chi connectivity index (χ0v) is 17.4. The van der Waals surface area contributed by atoms with E-state index in [2.05, 4.69) is 20.4 Å². The molecule has 1 saturated carbocycles. The van der Waals surface area contributed by atoms with Crippen LogP contribution in [0.25, 0.3) is 11.0 Å². The summed E-state index contributed by atoms with van der Waals surface area (Å²) in [7, 11) is 1.85. The fourth-order valence-electron chi connectivity index (χ4n) is 3.65. The van der Waals surface area contributed by atoms with Crippen LogP contribution in [0.4, 0.5) is 5.82 Å². The molecule has 0 aliphatic heterocycles. The summed E-state index contributed by atoms with van der Waals surface area (Å²) in [5.41, 5.74) is 3.97. The molecule has 1 aliphatic rings. The molecular weight excluding hydrogens is 392 g/mol. The van der Waals surface area contributed by atoms with E-state index in [1.54, 1.807) is 35.4 Å². The van der Waals surface area contributed by atoms with Crippen molar-refractivity contribution in [1.82, 2.24) is 24.7 Å². The molecule has 8 nitrogen and oxygen atoms in total. The standard InChI is InChI=1S/C23H22N6O2/c1-14-20-17(12-18(16-5-6-16)26-22(20)29(2)28-14)23(30)27-21-19(4-3-9-25-21)31-13-15-7-10-24-11-8-15/h3-4,7-12,16H,5-6,13H2,1-2H3,(H,25,27,30). The van der Waals surface area contributed by atoms with Gasteiger partial charge in [-0.25, -0.2) is 9.97 Å². The number of fused-ring (bicyclic) bond motifs is 1. The van der Waals surface area contributed by atoms with Gasteiger partial charge in [-0.05, 0) is 55.7 Å². The van der Waals surface area contributed by atoms with Gasteiger partial charge in [0.1, 0.15) is 6.61 Å². The first-order valence-electron chi connectivity index (χ1n) is 10.2. The number of anilines is 1. The smallest absolute Gasteiger partial charge is 0.257 e. The topological polar surface area (TPSA) is 94.8 Å². The predicted octanol–water partition coefficient (Wildman–Crippen LogP) is 3.78. The normalized spacial score (nSPS) is 13.4. The molecule has 1 fully saturated rings. The predicted molar refractivity (Wildman–Crippen MR) is 116 cm³/mol. The molecular formula is C23H22N6O2. The number of nitrogens with one attached hydrogen (secondary N) is 1. The third-order valence-corrected chi connectivity index (χ3v) is 5.38. The van der Waals surface area contributed by atoms with Crippen LogP contribution in [-0.4, -0.2) is 30.6 Å². The van der Waals surface area contributed by atoms with Crippen LogP contribution < -0.4 is 10.1 Å². The monoisotopic (exact) mass is 414 g/mol. The number of hydrogen-bond acceptors (Lipinski definition) is 6. The van der Waals surface area contributed by atoms with Gasteiger partial charge in [-0.2, -0.15) is 5.10 Å². The van der Waals surface area contributed by atoms with Crippen molar-refractivity contribution in [2.24, 2.45) is 7.05 Å². The van der Waals surface area contributed by atoms with E-state index in [0.29, 0.717) is 29.7 Å². The van der Waals surface area contributed by atoms with E-state index in [-0.39, 0.29) is 5.91 Å². The van der Waals surface area contributed by atoms with Gasteiger partial charge in [-0.3, -0.25) is 14.5 Å². The SMILES string of the molecule is Cc1nn(C)c2nc(C3CC3)cc(C(=O)Nc3ncccc3OCc3ccncc3)c12. The molecule has 1 aliphatic carbocycles. The quantitative estimate of drug-likeness (QED) is 0.516. The average molecular weight is 414 g/mol. The number of hydrogen-bond donors (Lipinski definition) is 1. The third-order valence-electron chi connectivity index (χ3n) is 5.38. The number of amides is 1. The Morgan fingerprint density at radius 1 is 1.23 bits per heavy atom. The molecule has 8 heteroatoms. The largest absolute Gasteiger partial charge is 0.485 e. The van der Waals surface area contributed by atoms with E-state index in [1.165, 1.54) is 0 Å². The fraction of sp³-hybridized carbons (Fsp3) is 0.261. The second-order valence-electron chi connectivity index (χ2n) is 7.72. The Bertz CT molecular complexity index is 1260. The fourth-order valence-corrected chi connectivity index (χ4v) is 3.65. The molecule has 0 spiro atoms. The van der Waals surface area contributed by atoms with Crippen LogP contribution in [0, 0.1) is 6.92 Å². The van der Waals surface area contributed by atoms with E-state index < -0.39 is 0 Å². The van der Waals surface area contributed by atoms with Crippen molar-refractivity contribution in [2.75, 3.05) is 5.32 Å². The minimum atomic E-state index is -0.252. The zero-order valence-electron chi connectivity index (χ0n) is 17.4. The van der Waals surface area contributed by atoms with Crippen LogP contribution in [0.2, 0.25) is 0 Å². The van der Waals surface area contributed by atoms with Gasteiger partial charge >= 0.3 is 0 Å². The number of aromatic nitrogens is 5. The number of aryl methyl sites for hydroxylation is 2. The molecule has 0 bridgehead atoms. The van der Waals surface area contributed by atoms with Gasteiger partial charge in [0, 0.05) is 37.3 Å². The van der Waals surface area contributed by atoms with Gasteiger partial charge in [-0.1, -0.05) is 0 Å². The minimum Gasteiger partial charge on any atom is -0.485 e. The van der Waals surface area contributed by atoms with Crippen molar-refractivity contribution >= 4 is 22.8 Å². The Morgan fingerprint density at radius 2 is 2.03 bits per heavy atom. The number of pyridine rings is 3. The molecule has 1 N–H and O–H groups in total. The van der Waals surface area contributed by atoms with E-state index in [1.807, 2.05) is 32.2 Å². The summed E-state index contributed by atoms with van der Waals surface area (Å²) in [4.78, 5) is 26.4. The highest BCUT2D eigenvalue weighted by Crippen LogP contribution is 2.40. The maximum atomic E-state index is 13.3. The molecule has 31 heavy (non-hydrogen) atoms. The lowest BCUT2D eigenvalue weighted by molar-refractivity contribution is 0.102. The summed E-state index contributed by atoms with van der Waals surface area (Å²) < 4.78 is 7.65. The van der Waals surface area contributed by atoms with E-state index in [0.717, 1.165) is 40.8 Å². The highest BCUT2D eigenvalue weighted by Gasteiger charge is 2.28. The molecule has 4 aromatic rings. The van der Waals surface area contributed by atoms with Crippen molar-refractivity contribution in [3.8, 4) is 5.75 Å². The Morgan fingerprint density at radius 3 is 2.81 bits per heavy atom. The van der Waals surface area contributed by atoms with Crippen molar-refractivity contribution in [3.63, 3.8) is 0 Å². The lowest BCUT2D eigenvalue weighted by atomic mass is 10.1. The molecule has 5 rings (SSSR count). The van der Waals surface area contributed by atoms with Crippen molar-refractivity contribution in [1.29, 1.82) is 0 Å². The summed E-state index contributed by atoms with van der Waals surface area (Å²) in [6.07, 6.45) is 7.26. The maximum absolute atomic E-state index is 13.3. The Hall–Kier alpha value is -3.81. The number of nitrogens with zero attached hydrogens (tertiary/aromatic N) is 5. The van der Waals surface area contributed by atoms with Gasteiger partial charge in [0.2, 0.25) is 0 Å². The molecule has 0 radical (unpaired) electrons. The molecule has 4 aromatic heterocycles. The van der Waals surface area contributed by atoms with Gasteiger partial charge in [0.15, 0.2) is 17.2 Å². The number of carbonyl (C=O) groups excluding carboxylic acids is 1. The molecule has 1 amide bonds. The first kappa shape index (κ1) is 19.2. The van der Waals surface area contributed by atoms with E-state index in [4.69, 9.17) is 9.72 Å². The second-order valence-corrected chi connectivity index (χ2v) is 7.72. The third kappa shape index (κ3) is 3.84. The number of carbonyl (C=O) groups is 1. The van der Waals surface area contributed by atoms with Crippen LogP contribution in [-0.2, 0) is 13.7 Å². The zero-order chi connectivity index (χ0) is 21.4. The van der Waals surface area contributed by atoms with Crippen molar-refractivity contribution in [3.05, 3.63) is 71.4 Å². The molecule has 0 atom stereocenters. The van der Waals surface area contributed by atoms with Gasteiger partial charge in [0.25, 0.3) is 5.91 Å². The summed E-state index contributed by atoms with van der Waals surface area (Å²) >= 11 is 0. The lowest BCUT2D eigenvalue weighted by Gasteiger charge is -2.12. The van der Waals surface area contributed by atoms with Crippen LogP contribution in [0.1, 0.15) is 46.1 Å². The molecule has 4 heterocycles. The van der Waals surface area contributed by atoms with E-state index >= 15 is 0 Å². The Balaban J connectivity index is 1.45. The van der Waals surface area contributed by atoms with Gasteiger partial charge in [0.05, 0.1) is 16.6 Å². The van der Waals surface area contributed by atoms with Crippen LogP contribution in [0.3, 0.4) is 0 Å². The molecule has 0 aromatic carbocycles. The highest BCUT2D eigenvalue weighted by molar-refractivity contribution is 6.12. The van der Waals surface area contributed by atoms with Crippen molar-refractivity contribution in [2.45, 2.75) is 32.3 Å². The lowest BCUT2D eigenvalue weighted by Crippen LogP contribution is -2.15. The summed E-state index contributed by atoms with van der Waals surface area (Å²) in [6, 6.07) is 9.22. The summed E-state index contributed by atoms with van der Waals surface area (Å²) in [6.45, 7) is 2.24. The summed E-state index contributed by atoms with van der Waals surface area (Å²) in [5.74, 6) is 1.04. The summed E-state index contributed by atoms with van der Waals surface area (Å²) in [5, 5.41) is 8.16. The Labute approximate surface area is 179 Å². The van der Waals surface area contributed by atoms with E-state index in [9.17, 15) is 4.79 Å². The number of ether oxygens (including phenoxy) is 1. The van der Waals surface area contributed by atoms with Crippen molar-refractivity contribution < 1.29 is 9.53 Å². The number of rotatable bonds is 6. The first-order valence-corrected chi connectivity index (χ1v) is 10.2. The Kier molecular flexibility index (Phi) is 4.82. The van der Waals surface area contributed by atoms with Gasteiger partial charge in [-0.15, -0.1) is 0 Å². The van der Waals surface area contributed by atoms with Crippen LogP contribution >= 0.6 is 0 Å². The average Bonchev–Trinajstić information content (AvgIpc) is 3.59. The van der Waals surface area contributed by atoms with Crippen LogP contribution in [0.15, 0.2) is 48.9 Å².